The molecule has 0 aliphatic heterocycles. The van der Waals surface area contributed by atoms with Gasteiger partial charge in [0.15, 0.2) is 0 Å². The van der Waals surface area contributed by atoms with Crippen molar-refractivity contribution in [3.8, 4) is 16.9 Å². The molecule has 26 heavy (non-hydrogen) atoms. The number of nitrogens with two attached hydrogens (primary N) is 1. The molecule has 1 aromatic heterocycles. The van der Waals surface area contributed by atoms with Crippen LogP contribution in [0.4, 0.5) is 5.82 Å². The van der Waals surface area contributed by atoms with Gasteiger partial charge in [-0.15, -0.1) is 0 Å². The third-order valence-corrected chi connectivity index (χ3v) is 4.01. The molecule has 2 aromatic rings. The van der Waals surface area contributed by atoms with E-state index in [0.29, 0.717) is 0 Å². The predicted octanol–water partition coefficient (Wildman–Crippen LogP) is 2.33. The van der Waals surface area contributed by atoms with Gasteiger partial charge in [-0.1, -0.05) is 32.9 Å². The Hall–Kier alpha value is -3.29. The van der Waals surface area contributed by atoms with E-state index in [1.807, 2.05) is 20.8 Å². The number of anilines is 1. The van der Waals surface area contributed by atoms with Gasteiger partial charge in [0.05, 0.1) is 7.11 Å². The van der Waals surface area contributed by atoms with Crippen molar-refractivity contribution in [1.82, 2.24) is 4.98 Å². The Kier molecular flexibility index (Phi) is 4.80. The number of aromatic carboxylic acids is 2. The summed E-state index contributed by atoms with van der Waals surface area (Å²) < 4.78 is 5.35. The molecular weight excluding hydrogens is 340 g/mol. The van der Waals surface area contributed by atoms with E-state index in [2.05, 4.69) is 4.98 Å². The topological polar surface area (TPSA) is 143 Å². The van der Waals surface area contributed by atoms with Crippen molar-refractivity contribution in [3.05, 3.63) is 45.2 Å². The van der Waals surface area contributed by atoms with E-state index in [4.69, 9.17) is 10.5 Å². The highest BCUT2D eigenvalue weighted by Gasteiger charge is 2.29. The van der Waals surface area contributed by atoms with Crippen molar-refractivity contribution < 1.29 is 24.5 Å². The van der Waals surface area contributed by atoms with Crippen LogP contribution in [0.1, 0.15) is 47.1 Å². The standard InChI is InChI=1S/C18H20N2O6/c1-18(2,3)8-5-6-9(10(7-8)26-4)11-12(16(22)23)14(19)20-15(21)13(11)17(24)25/h5-7H,1-4H3,(H,22,23)(H,24,25)(H3,19,20,21). The van der Waals surface area contributed by atoms with Crippen molar-refractivity contribution in [2.75, 3.05) is 12.8 Å². The quantitative estimate of drug-likeness (QED) is 0.655. The van der Waals surface area contributed by atoms with Crippen LogP contribution in [0.3, 0.4) is 0 Å². The SMILES string of the molecule is COc1cc(C(C)(C)C)ccc1-c1c(C(=O)O)c(N)[nH]c(=O)c1C(=O)O. The average molecular weight is 360 g/mol. The summed E-state index contributed by atoms with van der Waals surface area (Å²) >= 11 is 0. The lowest BCUT2D eigenvalue weighted by molar-refractivity contribution is 0.0695. The highest BCUT2D eigenvalue weighted by atomic mass is 16.5. The number of methoxy groups -OCH3 is 1. The zero-order valence-corrected chi connectivity index (χ0v) is 14.8. The van der Waals surface area contributed by atoms with Crippen LogP contribution in [0.2, 0.25) is 0 Å². The molecule has 0 amide bonds. The van der Waals surface area contributed by atoms with E-state index in [1.165, 1.54) is 13.2 Å². The second kappa shape index (κ2) is 6.55. The van der Waals surface area contributed by atoms with E-state index < -0.39 is 34.4 Å². The molecule has 0 bridgehead atoms. The summed E-state index contributed by atoms with van der Waals surface area (Å²) in [6, 6.07) is 4.95. The molecule has 0 saturated heterocycles. The van der Waals surface area contributed by atoms with E-state index in [1.54, 1.807) is 12.1 Å². The number of nitrogen functional groups attached to an aromatic ring is 1. The van der Waals surface area contributed by atoms with Crippen LogP contribution in [-0.4, -0.2) is 34.2 Å². The normalized spacial score (nSPS) is 11.2. The molecular formula is C18H20N2O6. The number of carboxylic acids is 2. The lowest BCUT2D eigenvalue weighted by Gasteiger charge is -2.22. The first-order valence-electron chi connectivity index (χ1n) is 7.70. The zero-order valence-electron chi connectivity index (χ0n) is 14.8. The number of aromatic amines is 1. The van der Waals surface area contributed by atoms with Crippen molar-refractivity contribution in [3.63, 3.8) is 0 Å². The van der Waals surface area contributed by atoms with E-state index in [-0.39, 0.29) is 22.3 Å². The number of hydrogen-bond acceptors (Lipinski definition) is 5. The minimum atomic E-state index is -1.56. The van der Waals surface area contributed by atoms with Gasteiger partial charge in [0.2, 0.25) is 0 Å². The summed E-state index contributed by atoms with van der Waals surface area (Å²) in [6.07, 6.45) is 0. The molecule has 1 heterocycles. The minimum absolute atomic E-state index is 0.160. The van der Waals surface area contributed by atoms with Crippen LogP contribution >= 0.6 is 0 Å². The summed E-state index contributed by atoms with van der Waals surface area (Å²) in [5.74, 6) is -3.21. The molecule has 0 spiro atoms. The van der Waals surface area contributed by atoms with Gasteiger partial charge in [-0.2, -0.15) is 0 Å². The molecule has 0 saturated carbocycles. The van der Waals surface area contributed by atoms with E-state index in [9.17, 15) is 24.6 Å². The number of benzene rings is 1. The van der Waals surface area contributed by atoms with Gasteiger partial charge in [0.1, 0.15) is 22.7 Å². The fraction of sp³-hybridized carbons (Fsp3) is 0.278. The van der Waals surface area contributed by atoms with Crippen LogP contribution in [0.15, 0.2) is 23.0 Å². The molecule has 1 aromatic carbocycles. The van der Waals surface area contributed by atoms with Gasteiger partial charge >= 0.3 is 11.9 Å². The fourth-order valence-electron chi connectivity index (χ4n) is 2.68. The number of pyridine rings is 1. The van der Waals surface area contributed by atoms with Crippen molar-refractivity contribution >= 4 is 17.8 Å². The largest absolute Gasteiger partial charge is 0.496 e. The molecule has 0 unspecified atom stereocenters. The molecule has 5 N–H and O–H groups in total. The molecule has 138 valence electrons. The maximum atomic E-state index is 12.1. The number of carbonyl (C=O) groups is 2. The number of aromatic nitrogens is 1. The van der Waals surface area contributed by atoms with Gasteiger partial charge in [-0.05, 0) is 17.0 Å². The number of nitrogens with one attached hydrogen (secondary N) is 1. The smallest absolute Gasteiger partial charge is 0.342 e. The lowest BCUT2D eigenvalue weighted by atomic mass is 9.85. The predicted molar refractivity (Wildman–Crippen MR) is 96.1 cm³/mol. The molecule has 0 aliphatic rings. The van der Waals surface area contributed by atoms with Crippen molar-refractivity contribution in [2.24, 2.45) is 0 Å². The molecule has 0 fully saturated rings. The highest BCUT2D eigenvalue weighted by Crippen LogP contribution is 2.38. The molecule has 8 nitrogen and oxygen atoms in total. The van der Waals surface area contributed by atoms with Crippen LogP contribution < -0.4 is 16.0 Å². The lowest BCUT2D eigenvalue weighted by Crippen LogP contribution is -2.24. The first-order valence-corrected chi connectivity index (χ1v) is 7.70. The second-order valence-corrected chi connectivity index (χ2v) is 6.77. The molecule has 0 radical (unpaired) electrons. The summed E-state index contributed by atoms with van der Waals surface area (Å²) in [5.41, 5.74) is 4.00. The Bertz CT molecular complexity index is 953. The summed E-state index contributed by atoms with van der Waals surface area (Å²) in [4.78, 5) is 37.5. The highest BCUT2D eigenvalue weighted by molar-refractivity contribution is 6.08. The van der Waals surface area contributed by atoms with Gasteiger partial charge in [0.25, 0.3) is 5.56 Å². The Morgan fingerprint density at radius 3 is 2.15 bits per heavy atom. The molecule has 0 atom stereocenters. The van der Waals surface area contributed by atoms with E-state index >= 15 is 0 Å². The maximum absolute atomic E-state index is 12.1. The minimum Gasteiger partial charge on any atom is -0.496 e. The molecule has 2 rings (SSSR count). The summed E-state index contributed by atoms with van der Waals surface area (Å²) in [7, 11) is 1.38. The first kappa shape index (κ1) is 19.0. The van der Waals surface area contributed by atoms with Crippen LogP contribution in [0.25, 0.3) is 11.1 Å². The van der Waals surface area contributed by atoms with Crippen LogP contribution in [-0.2, 0) is 5.41 Å². The maximum Gasteiger partial charge on any atom is 0.342 e. The van der Waals surface area contributed by atoms with Crippen molar-refractivity contribution in [1.29, 1.82) is 0 Å². The monoisotopic (exact) mass is 360 g/mol. The Morgan fingerprint density at radius 1 is 1.12 bits per heavy atom. The zero-order chi connectivity index (χ0) is 19.8. The number of carboxylic acid groups (broad SMARTS) is 2. The van der Waals surface area contributed by atoms with Gasteiger partial charge < -0.3 is 25.7 Å². The van der Waals surface area contributed by atoms with Crippen LogP contribution in [0, 0.1) is 0 Å². The Balaban J connectivity index is 2.98. The summed E-state index contributed by atoms with van der Waals surface area (Å²) in [5, 5.41) is 19.0. The van der Waals surface area contributed by atoms with E-state index in [0.717, 1.165) is 5.56 Å². The first-order chi connectivity index (χ1) is 12.0. The van der Waals surface area contributed by atoms with Gasteiger partial charge in [0, 0.05) is 11.1 Å². The Morgan fingerprint density at radius 2 is 1.69 bits per heavy atom. The van der Waals surface area contributed by atoms with Crippen LogP contribution in [0.5, 0.6) is 5.75 Å². The fourth-order valence-corrected chi connectivity index (χ4v) is 2.68. The number of rotatable bonds is 4. The number of hydrogen-bond donors (Lipinski definition) is 4. The second-order valence-electron chi connectivity index (χ2n) is 6.77. The van der Waals surface area contributed by atoms with Gasteiger partial charge in [-0.25, -0.2) is 9.59 Å². The molecule has 8 heteroatoms. The number of H-pyrrole nitrogens is 1. The molecule has 0 aliphatic carbocycles. The summed E-state index contributed by atoms with van der Waals surface area (Å²) in [6.45, 7) is 5.95. The average Bonchev–Trinajstić information content (AvgIpc) is 2.51. The number of ether oxygens (including phenoxy) is 1. The Labute approximate surface area is 149 Å². The van der Waals surface area contributed by atoms with Gasteiger partial charge in [-0.3, -0.25) is 4.79 Å². The third kappa shape index (κ3) is 3.26. The van der Waals surface area contributed by atoms with Crippen molar-refractivity contribution in [2.45, 2.75) is 26.2 Å². The third-order valence-electron chi connectivity index (χ3n) is 4.01.